The molecule has 1 heterocycles. The van der Waals surface area contributed by atoms with Crippen LogP contribution in [-0.2, 0) is 0 Å². The van der Waals surface area contributed by atoms with Crippen LogP contribution < -0.4 is 10.7 Å². The lowest BCUT2D eigenvalue weighted by molar-refractivity contribution is 1.06. The Morgan fingerprint density at radius 3 is 3.09 bits per heavy atom. The van der Waals surface area contributed by atoms with Gasteiger partial charge in [-0.05, 0) is 12.1 Å². The summed E-state index contributed by atoms with van der Waals surface area (Å²) in [4.78, 5) is 8.31. The first-order valence-electron chi connectivity index (χ1n) is 3.36. The number of hydrogen-bond acceptors (Lipinski definition) is 2. The molecule has 1 aliphatic rings. The Balaban J connectivity index is 2.94. The fraction of sp³-hybridized carbons (Fsp3) is 0.111. The number of fused-ring (bicyclic) bond motifs is 1. The summed E-state index contributed by atoms with van der Waals surface area (Å²) in [5.41, 5.74) is 0.837. The Labute approximate surface area is 64.3 Å². The molecule has 0 atom stereocenters. The topological polar surface area (TPSA) is 24.7 Å². The first-order valence-corrected chi connectivity index (χ1v) is 3.36. The highest BCUT2D eigenvalue weighted by molar-refractivity contribution is 5.31. The Morgan fingerprint density at radius 1 is 1.36 bits per heavy atom. The maximum atomic E-state index is 5.27. The summed E-state index contributed by atoms with van der Waals surface area (Å²) in [5, 5.41) is 1.79. The molecule has 0 radical (unpaired) electrons. The monoisotopic (exact) mass is 142 g/mol. The maximum Gasteiger partial charge on any atom is 0.130 e. The summed E-state index contributed by atoms with van der Waals surface area (Å²) in [6, 6.07) is 5.70. The molecule has 0 amide bonds. The number of nitrogens with zero attached hydrogens (tertiary/aromatic N) is 2. The average Bonchev–Trinajstić information content (AvgIpc) is 2.50. The van der Waals surface area contributed by atoms with Crippen LogP contribution in [0.4, 0.5) is 0 Å². The van der Waals surface area contributed by atoms with Crippen molar-refractivity contribution in [2.24, 2.45) is 9.98 Å². The average molecular weight is 142 g/mol. The molecular formula is C9H6N2. The zero-order chi connectivity index (χ0) is 7.68. The lowest BCUT2D eigenvalue weighted by atomic mass is 10.2. The molecule has 0 fully saturated rings. The van der Waals surface area contributed by atoms with E-state index in [1.54, 1.807) is 0 Å². The number of rotatable bonds is 0. The third-order valence-corrected chi connectivity index (χ3v) is 1.64. The van der Waals surface area contributed by atoms with E-state index in [2.05, 4.69) is 15.9 Å². The van der Waals surface area contributed by atoms with Crippen LogP contribution >= 0.6 is 0 Å². The zero-order valence-electron chi connectivity index (χ0n) is 5.91. The van der Waals surface area contributed by atoms with Crippen LogP contribution in [-0.4, -0.2) is 6.67 Å². The van der Waals surface area contributed by atoms with Crippen LogP contribution in [0.25, 0.3) is 0 Å². The van der Waals surface area contributed by atoms with E-state index in [0.717, 1.165) is 16.3 Å². The Kier molecular flexibility index (Phi) is 1.23. The van der Waals surface area contributed by atoms with Gasteiger partial charge in [-0.25, -0.2) is 0 Å². The quantitative estimate of drug-likeness (QED) is 0.451. The number of benzene rings is 1. The standard InChI is InChI=1S/C9H6N2/c1-2-7-4-3-5-8-9(7)11-6-10-8/h1,3-5H,6H2. The van der Waals surface area contributed by atoms with Gasteiger partial charge in [0.2, 0.25) is 0 Å². The fourth-order valence-electron chi connectivity index (χ4n) is 1.12. The van der Waals surface area contributed by atoms with Crippen LogP contribution in [0.5, 0.6) is 0 Å². The van der Waals surface area contributed by atoms with Gasteiger partial charge in [0, 0.05) is 0 Å². The first kappa shape index (κ1) is 6.11. The van der Waals surface area contributed by atoms with Gasteiger partial charge < -0.3 is 0 Å². The van der Waals surface area contributed by atoms with E-state index in [0.29, 0.717) is 6.67 Å². The van der Waals surface area contributed by atoms with Gasteiger partial charge in [0.1, 0.15) is 12.0 Å². The van der Waals surface area contributed by atoms with Gasteiger partial charge in [-0.3, -0.25) is 9.98 Å². The van der Waals surface area contributed by atoms with Crippen LogP contribution in [0.15, 0.2) is 28.2 Å². The molecule has 0 N–H and O–H groups in total. The molecule has 2 rings (SSSR count). The number of hydrogen-bond donors (Lipinski definition) is 0. The molecular weight excluding hydrogens is 136 g/mol. The summed E-state index contributed by atoms with van der Waals surface area (Å²) < 4.78 is 0. The van der Waals surface area contributed by atoms with Crippen molar-refractivity contribution in [3.05, 3.63) is 34.5 Å². The zero-order valence-corrected chi connectivity index (χ0v) is 5.91. The summed E-state index contributed by atoms with van der Waals surface area (Å²) in [6.07, 6.45) is 5.27. The van der Waals surface area contributed by atoms with Crippen LogP contribution in [0, 0.1) is 12.3 Å². The largest absolute Gasteiger partial charge is 0.260 e. The van der Waals surface area contributed by atoms with Crippen molar-refractivity contribution in [2.75, 3.05) is 6.67 Å². The van der Waals surface area contributed by atoms with Crippen molar-refractivity contribution in [3.8, 4) is 12.3 Å². The molecule has 2 nitrogen and oxygen atoms in total. The molecule has 52 valence electrons. The van der Waals surface area contributed by atoms with Crippen molar-refractivity contribution >= 4 is 0 Å². The van der Waals surface area contributed by atoms with Crippen molar-refractivity contribution in [1.82, 2.24) is 0 Å². The molecule has 1 aromatic rings. The van der Waals surface area contributed by atoms with Gasteiger partial charge in [-0.15, -0.1) is 6.42 Å². The molecule has 0 saturated heterocycles. The highest BCUT2D eigenvalue weighted by atomic mass is 15.0. The minimum atomic E-state index is 0.522. The summed E-state index contributed by atoms with van der Waals surface area (Å²) in [7, 11) is 0. The molecule has 1 aliphatic heterocycles. The van der Waals surface area contributed by atoms with Gasteiger partial charge in [0.15, 0.2) is 0 Å². The molecule has 0 bridgehead atoms. The van der Waals surface area contributed by atoms with E-state index in [9.17, 15) is 0 Å². The van der Waals surface area contributed by atoms with Gasteiger partial charge in [-0.2, -0.15) is 0 Å². The van der Waals surface area contributed by atoms with Crippen molar-refractivity contribution in [2.45, 2.75) is 0 Å². The van der Waals surface area contributed by atoms with E-state index >= 15 is 0 Å². The second kappa shape index (κ2) is 2.21. The molecule has 0 spiro atoms. The molecule has 2 heteroatoms. The first-order chi connectivity index (χ1) is 5.42. The molecule has 1 aromatic carbocycles. The van der Waals surface area contributed by atoms with Crippen molar-refractivity contribution < 1.29 is 0 Å². The predicted molar refractivity (Wildman–Crippen MR) is 41.6 cm³/mol. The second-order valence-corrected chi connectivity index (χ2v) is 2.28. The minimum Gasteiger partial charge on any atom is -0.260 e. The molecule has 0 unspecified atom stereocenters. The summed E-state index contributed by atoms with van der Waals surface area (Å²) in [6.45, 7) is 0.522. The SMILES string of the molecule is C#Cc1cccc2c1=NCN=2. The highest BCUT2D eigenvalue weighted by Gasteiger charge is 1.98. The second-order valence-electron chi connectivity index (χ2n) is 2.28. The van der Waals surface area contributed by atoms with Gasteiger partial charge >= 0.3 is 0 Å². The molecule has 0 aromatic heterocycles. The van der Waals surface area contributed by atoms with E-state index in [1.807, 2.05) is 18.2 Å². The number of para-hydroxylation sites is 1. The summed E-state index contributed by atoms with van der Waals surface area (Å²) in [5.74, 6) is 2.57. The fourth-order valence-corrected chi connectivity index (χ4v) is 1.12. The van der Waals surface area contributed by atoms with E-state index in [4.69, 9.17) is 6.42 Å². The van der Waals surface area contributed by atoms with Gasteiger partial charge in [0.05, 0.1) is 10.9 Å². The molecule has 0 saturated carbocycles. The minimum absolute atomic E-state index is 0.522. The van der Waals surface area contributed by atoms with E-state index in [-0.39, 0.29) is 0 Å². The third kappa shape index (κ3) is 0.821. The van der Waals surface area contributed by atoms with Gasteiger partial charge in [0.25, 0.3) is 0 Å². The van der Waals surface area contributed by atoms with Crippen molar-refractivity contribution in [1.29, 1.82) is 0 Å². The van der Waals surface area contributed by atoms with E-state index in [1.165, 1.54) is 0 Å². The van der Waals surface area contributed by atoms with Crippen molar-refractivity contribution in [3.63, 3.8) is 0 Å². The Morgan fingerprint density at radius 2 is 2.27 bits per heavy atom. The normalized spacial score (nSPS) is 12.6. The van der Waals surface area contributed by atoms with Crippen LogP contribution in [0.3, 0.4) is 0 Å². The summed E-state index contributed by atoms with van der Waals surface area (Å²) >= 11 is 0. The Bertz CT molecular complexity index is 438. The molecule has 11 heavy (non-hydrogen) atoms. The lowest BCUT2D eigenvalue weighted by Gasteiger charge is -1.86. The van der Waals surface area contributed by atoms with Crippen LogP contribution in [0.2, 0.25) is 0 Å². The molecule has 0 aliphatic carbocycles. The lowest BCUT2D eigenvalue weighted by Crippen LogP contribution is -2.24. The Hall–Kier alpha value is -1.62. The maximum absolute atomic E-state index is 5.27. The highest BCUT2D eigenvalue weighted by Crippen LogP contribution is 1.87. The van der Waals surface area contributed by atoms with Gasteiger partial charge in [-0.1, -0.05) is 12.0 Å². The predicted octanol–water partition coefficient (Wildman–Crippen LogP) is -0.122. The third-order valence-electron chi connectivity index (χ3n) is 1.64. The smallest absolute Gasteiger partial charge is 0.130 e. The van der Waals surface area contributed by atoms with E-state index < -0.39 is 0 Å². The number of terminal acetylenes is 1. The van der Waals surface area contributed by atoms with Crippen LogP contribution in [0.1, 0.15) is 5.56 Å².